The van der Waals surface area contributed by atoms with Crippen molar-refractivity contribution in [2.45, 2.75) is 13.2 Å². The average molecular weight is 307 g/mol. The summed E-state index contributed by atoms with van der Waals surface area (Å²) in [5, 5.41) is 16.2. The van der Waals surface area contributed by atoms with Crippen molar-refractivity contribution in [1.29, 1.82) is 0 Å². The topological polar surface area (TPSA) is 67.2 Å². The zero-order chi connectivity index (χ0) is 16.1. The lowest BCUT2D eigenvalue weighted by molar-refractivity contribution is 0.102. The molecule has 0 aliphatic carbocycles. The second kappa shape index (κ2) is 6.89. The van der Waals surface area contributed by atoms with Gasteiger partial charge >= 0.3 is 0 Å². The number of benzene rings is 2. The Morgan fingerprint density at radius 3 is 2.65 bits per heavy atom. The number of carbonyl (C=O) groups excluding carboxylic acids is 1. The molecule has 0 atom stereocenters. The molecule has 5 heteroatoms. The summed E-state index contributed by atoms with van der Waals surface area (Å²) < 4.78 is 1.73. The smallest absolute Gasteiger partial charge is 0.258 e. The van der Waals surface area contributed by atoms with Crippen molar-refractivity contribution >= 4 is 11.6 Å². The van der Waals surface area contributed by atoms with Crippen molar-refractivity contribution < 1.29 is 9.90 Å². The fourth-order valence-electron chi connectivity index (χ4n) is 2.29. The van der Waals surface area contributed by atoms with Crippen LogP contribution < -0.4 is 5.32 Å². The van der Waals surface area contributed by atoms with Gasteiger partial charge in [-0.15, -0.1) is 0 Å². The predicted octanol–water partition coefficient (Wildman–Crippen LogP) is 2.68. The van der Waals surface area contributed by atoms with E-state index in [4.69, 9.17) is 5.11 Å². The molecular weight excluding hydrogens is 290 g/mol. The van der Waals surface area contributed by atoms with E-state index in [0.717, 1.165) is 11.1 Å². The predicted molar refractivity (Wildman–Crippen MR) is 88.1 cm³/mol. The van der Waals surface area contributed by atoms with E-state index in [0.29, 0.717) is 17.8 Å². The Morgan fingerprint density at radius 1 is 1.09 bits per heavy atom. The van der Waals surface area contributed by atoms with Gasteiger partial charge in [-0.3, -0.25) is 9.48 Å². The molecule has 0 aliphatic rings. The van der Waals surface area contributed by atoms with E-state index in [-0.39, 0.29) is 12.5 Å². The van der Waals surface area contributed by atoms with Crippen molar-refractivity contribution in [2.75, 3.05) is 5.32 Å². The summed E-state index contributed by atoms with van der Waals surface area (Å²) >= 11 is 0. The molecule has 0 bridgehead atoms. The highest BCUT2D eigenvalue weighted by molar-refractivity contribution is 6.03. The summed E-state index contributed by atoms with van der Waals surface area (Å²) in [4.78, 5) is 12.3. The minimum absolute atomic E-state index is 0.0568. The van der Waals surface area contributed by atoms with Crippen molar-refractivity contribution in [3.63, 3.8) is 0 Å². The second-order valence-corrected chi connectivity index (χ2v) is 5.22. The summed E-state index contributed by atoms with van der Waals surface area (Å²) in [6.45, 7) is 0.562. The molecule has 0 radical (unpaired) electrons. The molecule has 116 valence electrons. The van der Waals surface area contributed by atoms with E-state index in [9.17, 15) is 4.79 Å². The third-order valence-corrected chi connectivity index (χ3v) is 3.45. The lowest BCUT2D eigenvalue weighted by Crippen LogP contribution is -2.11. The highest BCUT2D eigenvalue weighted by Crippen LogP contribution is 2.12. The average Bonchev–Trinajstić information content (AvgIpc) is 3.04. The monoisotopic (exact) mass is 307 g/mol. The minimum Gasteiger partial charge on any atom is -0.392 e. The Hall–Kier alpha value is -2.92. The van der Waals surface area contributed by atoms with Crippen molar-refractivity contribution in [2.24, 2.45) is 0 Å². The summed E-state index contributed by atoms with van der Waals surface area (Å²) in [7, 11) is 0. The highest BCUT2D eigenvalue weighted by Gasteiger charge is 2.09. The van der Waals surface area contributed by atoms with Gasteiger partial charge in [0.25, 0.3) is 5.91 Å². The molecule has 0 saturated heterocycles. The third-order valence-electron chi connectivity index (χ3n) is 3.45. The number of hydrogen-bond donors (Lipinski definition) is 2. The van der Waals surface area contributed by atoms with Crippen molar-refractivity contribution in [1.82, 2.24) is 9.78 Å². The molecule has 0 aliphatic heterocycles. The zero-order valence-electron chi connectivity index (χ0n) is 12.5. The fourth-order valence-corrected chi connectivity index (χ4v) is 2.29. The molecule has 5 nitrogen and oxygen atoms in total. The van der Waals surface area contributed by atoms with Crippen LogP contribution in [0.2, 0.25) is 0 Å². The number of rotatable bonds is 5. The molecule has 0 spiro atoms. The quantitative estimate of drug-likeness (QED) is 0.761. The van der Waals surface area contributed by atoms with Gasteiger partial charge in [-0.05, 0) is 23.3 Å². The number of carbonyl (C=O) groups is 1. The summed E-state index contributed by atoms with van der Waals surface area (Å²) in [6.07, 6.45) is 3.27. The van der Waals surface area contributed by atoms with Crippen LogP contribution in [-0.2, 0) is 13.2 Å². The maximum absolute atomic E-state index is 12.3. The van der Waals surface area contributed by atoms with E-state index in [2.05, 4.69) is 10.4 Å². The number of aromatic nitrogens is 2. The number of aliphatic hydroxyl groups excluding tert-OH is 1. The van der Waals surface area contributed by atoms with Crippen LogP contribution in [0.5, 0.6) is 0 Å². The Kier molecular flexibility index (Phi) is 4.49. The molecule has 23 heavy (non-hydrogen) atoms. The number of nitrogens with zero attached hydrogens (tertiary/aromatic N) is 2. The Balaban J connectivity index is 1.68. The zero-order valence-corrected chi connectivity index (χ0v) is 12.5. The number of amides is 1. The van der Waals surface area contributed by atoms with Crippen LogP contribution in [0.4, 0.5) is 5.69 Å². The van der Waals surface area contributed by atoms with Gasteiger partial charge in [0.2, 0.25) is 0 Å². The maximum atomic E-state index is 12.3. The normalized spacial score (nSPS) is 10.5. The first kappa shape index (κ1) is 15.0. The first-order chi connectivity index (χ1) is 11.2. The molecular formula is C18H17N3O2. The lowest BCUT2D eigenvalue weighted by atomic mass is 10.2. The van der Waals surface area contributed by atoms with Gasteiger partial charge in [0.05, 0.1) is 24.9 Å². The van der Waals surface area contributed by atoms with Crippen molar-refractivity contribution in [3.05, 3.63) is 83.7 Å². The second-order valence-electron chi connectivity index (χ2n) is 5.22. The first-order valence-electron chi connectivity index (χ1n) is 7.32. The van der Waals surface area contributed by atoms with Crippen LogP contribution in [0.3, 0.4) is 0 Å². The summed E-state index contributed by atoms with van der Waals surface area (Å²) in [5.41, 5.74) is 3.02. The van der Waals surface area contributed by atoms with E-state index < -0.39 is 0 Å². The fraction of sp³-hybridized carbons (Fsp3) is 0.111. The van der Waals surface area contributed by atoms with E-state index >= 15 is 0 Å². The molecule has 0 fully saturated rings. The molecule has 2 N–H and O–H groups in total. The molecule has 1 aromatic heterocycles. The van der Waals surface area contributed by atoms with Gasteiger partial charge < -0.3 is 10.4 Å². The molecule has 3 rings (SSSR count). The molecule has 2 aromatic carbocycles. The van der Waals surface area contributed by atoms with Crippen LogP contribution in [0.25, 0.3) is 0 Å². The molecule has 3 aromatic rings. The van der Waals surface area contributed by atoms with Crippen LogP contribution in [-0.4, -0.2) is 20.8 Å². The van der Waals surface area contributed by atoms with Crippen LogP contribution in [0.15, 0.2) is 67.0 Å². The summed E-state index contributed by atoms with van der Waals surface area (Å²) in [5.74, 6) is -0.223. The standard InChI is InChI=1S/C18H17N3O2/c22-13-15-7-4-8-17(9-15)20-18(23)16-10-19-21(12-16)11-14-5-2-1-3-6-14/h1-10,12,22H,11,13H2,(H,20,23). The Bertz CT molecular complexity index is 797. The van der Waals surface area contributed by atoms with Crippen LogP contribution in [0, 0.1) is 0 Å². The van der Waals surface area contributed by atoms with E-state index in [1.807, 2.05) is 30.3 Å². The summed E-state index contributed by atoms with van der Waals surface area (Å²) in [6, 6.07) is 17.1. The van der Waals surface area contributed by atoms with Crippen LogP contribution >= 0.6 is 0 Å². The van der Waals surface area contributed by atoms with Gasteiger partial charge in [0.15, 0.2) is 0 Å². The molecule has 1 amide bonds. The van der Waals surface area contributed by atoms with Gasteiger partial charge in [-0.25, -0.2) is 0 Å². The van der Waals surface area contributed by atoms with Crippen molar-refractivity contribution in [3.8, 4) is 0 Å². The Morgan fingerprint density at radius 2 is 1.87 bits per heavy atom. The number of hydrogen-bond acceptors (Lipinski definition) is 3. The lowest BCUT2D eigenvalue weighted by Gasteiger charge is -2.05. The Labute approximate surface area is 134 Å². The third kappa shape index (κ3) is 3.84. The largest absolute Gasteiger partial charge is 0.392 e. The SMILES string of the molecule is O=C(Nc1cccc(CO)c1)c1cnn(Cc2ccccc2)c1. The van der Waals surface area contributed by atoms with E-state index in [1.54, 1.807) is 41.3 Å². The highest BCUT2D eigenvalue weighted by atomic mass is 16.3. The van der Waals surface area contributed by atoms with Gasteiger partial charge in [0, 0.05) is 11.9 Å². The molecule has 0 unspecified atom stereocenters. The maximum Gasteiger partial charge on any atom is 0.258 e. The number of aliphatic hydroxyl groups is 1. The molecule has 1 heterocycles. The van der Waals surface area contributed by atoms with Gasteiger partial charge in [0.1, 0.15) is 0 Å². The minimum atomic E-state index is -0.223. The van der Waals surface area contributed by atoms with E-state index in [1.165, 1.54) is 0 Å². The molecule has 0 saturated carbocycles. The van der Waals surface area contributed by atoms with Crippen LogP contribution in [0.1, 0.15) is 21.5 Å². The first-order valence-corrected chi connectivity index (χ1v) is 7.32. The van der Waals surface area contributed by atoms with Gasteiger partial charge in [-0.1, -0.05) is 42.5 Å². The number of nitrogens with one attached hydrogen (secondary N) is 1. The number of anilines is 1. The van der Waals surface area contributed by atoms with Gasteiger partial charge in [-0.2, -0.15) is 5.10 Å².